The number of hydrogen-bond donors (Lipinski definition) is 0. The molecular formula is C14H15NO4S. The van der Waals surface area contributed by atoms with Crippen LogP contribution < -0.4 is 0 Å². The monoisotopic (exact) mass is 293 g/mol. The first-order valence-electron chi connectivity index (χ1n) is 6.41. The molecule has 6 heteroatoms. The van der Waals surface area contributed by atoms with E-state index in [-0.39, 0.29) is 19.3 Å². The first kappa shape index (κ1) is 14.6. The van der Waals surface area contributed by atoms with E-state index in [4.69, 9.17) is 4.84 Å². The van der Waals surface area contributed by atoms with Gasteiger partial charge in [0.25, 0.3) is 11.8 Å². The van der Waals surface area contributed by atoms with Crippen LogP contribution in [0.2, 0.25) is 0 Å². The molecule has 2 rings (SSSR count). The molecule has 0 atom stereocenters. The van der Waals surface area contributed by atoms with Crippen LogP contribution in [-0.4, -0.2) is 28.6 Å². The third kappa shape index (κ3) is 4.09. The highest BCUT2D eigenvalue weighted by molar-refractivity contribution is 7.99. The molecule has 0 saturated carbocycles. The second kappa shape index (κ2) is 7.09. The fourth-order valence-corrected chi connectivity index (χ4v) is 2.60. The molecule has 0 aromatic heterocycles. The van der Waals surface area contributed by atoms with Gasteiger partial charge in [0.15, 0.2) is 0 Å². The van der Waals surface area contributed by atoms with Crippen LogP contribution in [-0.2, 0) is 19.2 Å². The molecule has 1 aliphatic heterocycles. The average Bonchev–Trinajstić information content (AvgIpc) is 2.77. The number of benzene rings is 1. The van der Waals surface area contributed by atoms with Crippen molar-refractivity contribution in [3.63, 3.8) is 0 Å². The molecule has 0 N–H and O–H groups in total. The van der Waals surface area contributed by atoms with E-state index in [1.165, 1.54) is 0 Å². The minimum atomic E-state index is -0.540. The molecule has 20 heavy (non-hydrogen) atoms. The van der Waals surface area contributed by atoms with Gasteiger partial charge in [0, 0.05) is 24.2 Å². The van der Waals surface area contributed by atoms with Crippen LogP contribution in [0.25, 0.3) is 0 Å². The summed E-state index contributed by atoms with van der Waals surface area (Å²) >= 11 is 1.65. The first-order chi connectivity index (χ1) is 9.66. The Hall–Kier alpha value is -1.82. The maximum atomic E-state index is 11.5. The zero-order valence-electron chi connectivity index (χ0n) is 10.9. The molecule has 1 aliphatic rings. The number of carbonyl (C=O) groups is 3. The predicted molar refractivity (Wildman–Crippen MR) is 73.6 cm³/mol. The molecule has 0 spiro atoms. The van der Waals surface area contributed by atoms with Crippen LogP contribution in [0.1, 0.15) is 25.7 Å². The van der Waals surface area contributed by atoms with Crippen LogP contribution in [0.4, 0.5) is 0 Å². The summed E-state index contributed by atoms with van der Waals surface area (Å²) in [4.78, 5) is 40.0. The summed E-state index contributed by atoms with van der Waals surface area (Å²) in [5.74, 6) is -0.646. The maximum Gasteiger partial charge on any atom is 0.333 e. The Labute approximate surface area is 121 Å². The zero-order chi connectivity index (χ0) is 14.4. The molecule has 5 nitrogen and oxygen atoms in total. The highest BCUT2D eigenvalue weighted by Gasteiger charge is 2.32. The van der Waals surface area contributed by atoms with Crippen molar-refractivity contribution in [3.05, 3.63) is 30.3 Å². The molecule has 0 radical (unpaired) electrons. The number of hydroxylamine groups is 2. The van der Waals surface area contributed by atoms with Crippen molar-refractivity contribution in [2.24, 2.45) is 0 Å². The van der Waals surface area contributed by atoms with Crippen molar-refractivity contribution < 1.29 is 19.2 Å². The van der Waals surface area contributed by atoms with Crippen molar-refractivity contribution in [2.75, 3.05) is 5.75 Å². The molecule has 106 valence electrons. The van der Waals surface area contributed by atoms with E-state index in [1.807, 2.05) is 30.3 Å². The van der Waals surface area contributed by atoms with Gasteiger partial charge in [-0.2, -0.15) is 0 Å². The summed E-state index contributed by atoms with van der Waals surface area (Å²) in [7, 11) is 0. The summed E-state index contributed by atoms with van der Waals surface area (Å²) in [6.07, 6.45) is 1.07. The van der Waals surface area contributed by atoms with Gasteiger partial charge in [-0.15, -0.1) is 16.8 Å². The topological polar surface area (TPSA) is 63.7 Å². The van der Waals surface area contributed by atoms with Crippen molar-refractivity contribution in [1.29, 1.82) is 0 Å². The lowest BCUT2D eigenvalue weighted by Gasteiger charge is -2.12. The third-order valence-corrected chi connectivity index (χ3v) is 3.83. The number of imide groups is 1. The molecule has 1 heterocycles. The van der Waals surface area contributed by atoms with Gasteiger partial charge in [0.1, 0.15) is 0 Å². The summed E-state index contributed by atoms with van der Waals surface area (Å²) in [6.45, 7) is 0. The molecule has 1 aromatic carbocycles. The fraction of sp³-hybridized carbons (Fsp3) is 0.357. The Morgan fingerprint density at radius 3 is 2.45 bits per heavy atom. The predicted octanol–water partition coefficient (Wildman–Crippen LogP) is 2.17. The van der Waals surface area contributed by atoms with Crippen LogP contribution >= 0.6 is 11.8 Å². The summed E-state index contributed by atoms with van der Waals surface area (Å²) < 4.78 is 0. The van der Waals surface area contributed by atoms with Gasteiger partial charge < -0.3 is 4.84 Å². The summed E-state index contributed by atoms with van der Waals surface area (Å²) in [6, 6.07) is 9.88. The van der Waals surface area contributed by atoms with Crippen LogP contribution in [0.5, 0.6) is 0 Å². The van der Waals surface area contributed by atoms with E-state index >= 15 is 0 Å². The van der Waals surface area contributed by atoms with Gasteiger partial charge in [-0.3, -0.25) is 9.59 Å². The van der Waals surface area contributed by atoms with E-state index in [0.717, 1.165) is 10.6 Å². The Morgan fingerprint density at radius 1 is 1.15 bits per heavy atom. The largest absolute Gasteiger partial charge is 0.333 e. The Kier molecular flexibility index (Phi) is 5.17. The molecular weight excluding hydrogens is 278 g/mol. The van der Waals surface area contributed by atoms with Gasteiger partial charge in [-0.1, -0.05) is 18.2 Å². The number of amides is 2. The number of thioether (sulfide) groups is 1. The number of nitrogens with zero attached hydrogens (tertiary/aromatic N) is 1. The van der Waals surface area contributed by atoms with Crippen molar-refractivity contribution >= 4 is 29.5 Å². The van der Waals surface area contributed by atoms with E-state index < -0.39 is 17.8 Å². The SMILES string of the molecule is O=C(CCCSc1ccccc1)ON1C(=O)CCC1=O. The first-order valence-corrected chi connectivity index (χ1v) is 7.40. The third-order valence-electron chi connectivity index (χ3n) is 2.74. The van der Waals surface area contributed by atoms with Gasteiger partial charge in [0.05, 0.1) is 0 Å². The van der Waals surface area contributed by atoms with Crippen molar-refractivity contribution in [2.45, 2.75) is 30.6 Å². The van der Waals surface area contributed by atoms with Gasteiger partial charge >= 0.3 is 5.97 Å². The summed E-state index contributed by atoms with van der Waals surface area (Å²) in [5.41, 5.74) is 0. The number of hydrogen-bond acceptors (Lipinski definition) is 5. The molecule has 2 amide bonds. The van der Waals surface area contributed by atoms with E-state index in [9.17, 15) is 14.4 Å². The van der Waals surface area contributed by atoms with Crippen molar-refractivity contribution in [3.8, 4) is 0 Å². The van der Waals surface area contributed by atoms with E-state index in [0.29, 0.717) is 11.5 Å². The van der Waals surface area contributed by atoms with Gasteiger partial charge in [-0.25, -0.2) is 4.79 Å². The van der Waals surface area contributed by atoms with Crippen LogP contribution in [0.15, 0.2) is 35.2 Å². The smallest absolute Gasteiger partial charge is 0.330 e. The molecule has 0 unspecified atom stereocenters. The van der Waals surface area contributed by atoms with E-state index in [2.05, 4.69) is 0 Å². The Balaban J connectivity index is 1.65. The minimum absolute atomic E-state index is 0.121. The quantitative estimate of drug-likeness (QED) is 0.457. The van der Waals surface area contributed by atoms with Gasteiger partial charge in [-0.05, 0) is 24.3 Å². The second-order valence-electron chi connectivity index (χ2n) is 4.31. The van der Waals surface area contributed by atoms with Crippen LogP contribution in [0.3, 0.4) is 0 Å². The molecule has 1 aromatic rings. The lowest BCUT2D eigenvalue weighted by Crippen LogP contribution is -2.32. The number of carbonyl (C=O) groups excluding carboxylic acids is 3. The maximum absolute atomic E-state index is 11.5. The highest BCUT2D eigenvalue weighted by Crippen LogP contribution is 2.19. The lowest BCUT2D eigenvalue weighted by atomic mass is 10.3. The second-order valence-corrected chi connectivity index (χ2v) is 5.48. The standard InChI is InChI=1S/C14H15NO4S/c16-12-8-9-13(17)15(12)19-14(18)7-4-10-20-11-5-2-1-3-6-11/h1-3,5-6H,4,7-10H2. The fourth-order valence-electron chi connectivity index (χ4n) is 1.73. The molecule has 0 aliphatic carbocycles. The lowest BCUT2D eigenvalue weighted by molar-refractivity contribution is -0.197. The Morgan fingerprint density at radius 2 is 1.80 bits per heavy atom. The van der Waals surface area contributed by atoms with Crippen molar-refractivity contribution in [1.82, 2.24) is 5.06 Å². The minimum Gasteiger partial charge on any atom is -0.330 e. The average molecular weight is 293 g/mol. The molecule has 1 fully saturated rings. The number of rotatable bonds is 6. The molecule has 1 saturated heterocycles. The van der Waals surface area contributed by atoms with Gasteiger partial charge in [0.2, 0.25) is 0 Å². The normalized spacial score (nSPS) is 14.7. The van der Waals surface area contributed by atoms with E-state index in [1.54, 1.807) is 11.8 Å². The highest BCUT2D eigenvalue weighted by atomic mass is 32.2. The Bertz CT molecular complexity index is 487. The summed E-state index contributed by atoms with van der Waals surface area (Å²) in [5, 5.41) is 0.590. The zero-order valence-corrected chi connectivity index (χ0v) is 11.7. The molecule has 0 bridgehead atoms. The van der Waals surface area contributed by atoms with Crippen LogP contribution in [0, 0.1) is 0 Å².